The number of nitrogens with one attached hydrogen (secondary N) is 1. The maximum atomic E-state index is 12.6. The molecule has 7 nitrogen and oxygen atoms in total. The number of hydrogen-bond acceptors (Lipinski definition) is 5. The van der Waals surface area contributed by atoms with Crippen LogP contribution in [-0.4, -0.2) is 32.8 Å². The molecule has 0 aliphatic rings. The highest BCUT2D eigenvalue weighted by Crippen LogP contribution is 2.24. The summed E-state index contributed by atoms with van der Waals surface area (Å²) in [6.07, 6.45) is 0. The van der Waals surface area contributed by atoms with E-state index in [0.717, 1.165) is 0 Å². The monoisotopic (exact) mass is 349 g/mol. The minimum absolute atomic E-state index is 0.0477. The van der Waals surface area contributed by atoms with Gasteiger partial charge < -0.3 is 4.74 Å². The summed E-state index contributed by atoms with van der Waals surface area (Å²) in [5.41, 5.74) is 2.92. The maximum absolute atomic E-state index is 12.6. The van der Waals surface area contributed by atoms with E-state index in [1.807, 2.05) is 5.43 Å². The van der Waals surface area contributed by atoms with Gasteiger partial charge in [-0.2, -0.15) is 4.31 Å². The molecule has 0 radical (unpaired) electrons. The summed E-state index contributed by atoms with van der Waals surface area (Å²) in [6, 6.07) is 12.8. The zero-order valence-electron chi connectivity index (χ0n) is 13.4. The Morgan fingerprint density at radius 1 is 1.21 bits per heavy atom. The standard InChI is InChI=1S/C16H19N3O4S/c1-19(24(21,22)14-6-4-3-5-7-14)11-13-10-12(16(20)18-17)8-9-15(13)23-2/h3-10H,11,17H2,1-2H3,(H,18,20). The van der Waals surface area contributed by atoms with Crippen LogP contribution in [0.5, 0.6) is 5.75 Å². The second kappa shape index (κ2) is 7.43. The molecular formula is C16H19N3O4S. The van der Waals surface area contributed by atoms with E-state index in [1.165, 1.54) is 30.6 Å². The van der Waals surface area contributed by atoms with Crippen LogP contribution in [0.4, 0.5) is 0 Å². The molecule has 2 aromatic carbocycles. The predicted octanol–water partition coefficient (Wildman–Crippen LogP) is 1.12. The third-order valence-electron chi connectivity index (χ3n) is 3.52. The summed E-state index contributed by atoms with van der Waals surface area (Å²) in [5.74, 6) is 5.15. The Kier molecular flexibility index (Phi) is 5.55. The third kappa shape index (κ3) is 3.73. The van der Waals surface area contributed by atoms with E-state index < -0.39 is 15.9 Å². The van der Waals surface area contributed by atoms with Crippen molar-refractivity contribution in [1.82, 2.24) is 9.73 Å². The number of carbonyl (C=O) groups is 1. The molecule has 0 unspecified atom stereocenters. The Labute approximate surface area is 141 Å². The average Bonchev–Trinajstić information content (AvgIpc) is 2.61. The molecule has 1 amide bonds. The number of nitrogens with two attached hydrogens (primary N) is 1. The lowest BCUT2D eigenvalue weighted by atomic mass is 10.1. The van der Waals surface area contributed by atoms with Crippen LogP contribution in [-0.2, 0) is 16.6 Å². The predicted molar refractivity (Wildman–Crippen MR) is 89.7 cm³/mol. The van der Waals surface area contributed by atoms with Crippen LogP contribution in [0, 0.1) is 0 Å². The number of hydrazine groups is 1. The molecule has 0 bridgehead atoms. The lowest BCUT2D eigenvalue weighted by molar-refractivity contribution is 0.0953. The molecular weight excluding hydrogens is 330 g/mol. The fourth-order valence-corrected chi connectivity index (χ4v) is 3.39. The molecule has 0 saturated heterocycles. The number of sulfonamides is 1. The number of amides is 1. The molecule has 0 heterocycles. The molecule has 8 heteroatoms. The van der Waals surface area contributed by atoms with Crippen molar-refractivity contribution in [2.75, 3.05) is 14.2 Å². The van der Waals surface area contributed by atoms with Crippen molar-refractivity contribution < 1.29 is 17.9 Å². The van der Waals surface area contributed by atoms with Crippen LogP contribution in [0.1, 0.15) is 15.9 Å². The van der Waals surface area contributed by atoms with Gasteiger partial charge in [0.05, 0.1) is 12.0 Å². The van der Waals surface area contributed by atoms with E-state index in [9.17, 15) is 13.2 Å². The SMILES string of the molecule is COc1ccc(C(=O)NN)cc1CN(C)S(=O)(=O)c1ccccc1. The largest absolute Gasteiger partial charge is 0.496 e. The number of ether oxygens (including phenoxy) is 1. The van der Waals surface area contributed by atoms with Gasteiger partial charge >= 0.3 is 0 Å². The van der Waals surface area contributed by atoms with Crippen molar-refractivity contribution in [2.24, 2.45) is 5.84 Å². The minimum Gasteiger partial charge on any atom is -0.496 e. The quantitative estimate of drug-likeness (QED) is 0.462. The smallest absolute Gasteiger partial charge is 0.265 e. The summed E-state index contributed by atoms with van der Waals surface area (Å²) in [7, 11) is -0.699. The van der Waals surface area contributed by atoms with Gasteiger partial charge in [0.2, 0.25) is 10.0 Å². The first kappa shape index (κ1) is 17.9. The molecule has 0 atom stereocenters. The molecule has 24 heavy (non-hydrogen) atoms. The molecule has 0 aliphatic heterocycles. The molecule has 0 aliphatic carbocycles. The van der Waals surface area contributed by atoms with Gasteiger partial charge in [-0.3, -0.25) is 10.2 Å². The van der Waals surface area contributed by atoms with E-state index in [1.54, 1.807) is 36.4 Å². The van der Waals surface area contributed by atoms with Gasteiger partial charge in [-0.1, -0.05) is 18.2 Å². The Balaban J connectivity index is 2.34. The normalized spacial score (nSPS) is 11.3. The molecule has 3 N–H and O–H groups in total. The summed E-state index contributed by atoms with van der Waals surface area (Å²) in [5, 5.41) is 0. The Morgan fingerprint density at radius 3 is 2.46 bits per heavy atom. The maximum Gasteiger partial charge on any atom is 0.265 e. The molecule has 0 aromatic heterocycles. The van der Waals surface area contributed by atoms with Crippen LogP contribution in [0.3, 0.4) is 0 Å². The van der Waals surface area contributed by atoms with Gasteiger partial charge in [-0.15, -0.1) is 0 Å². The van der Waals surface area contributed by atoms with Gasteiger partial charge in [0.1, 0.15) is 5.75 Å². The summed E-state index contributed by atoms with van der Waals surface area (Å²) >= 11 is 0. The molecule has 0 spiro atoms. The van der Waals surface area contributed by atoms with Crippen LogP contribution in [0.25, 0.3) is 0 Å². The second-order valence-electron chi connectivity index (χ2n) is 5.07. The van der Waals surface area contributed by atoms with Crippen molar-refractivity contribution in [3.63, 3.8) is 0 Å². The fourth-order valence-electron chi connectivity index (χ4n) is 2.22. The first-order chi connectivity index (χ1) is 11.4. The first-order valence-corrected chi connectivity index (χ1v) is 8.53. The van der Waals surface area contributed by atoms with E-state index in [2.05, 4.69) is 0 Å². The highest BCUT2D eigenvalue weighted by molar-refractivity contribution is 7.89. The van der Waals surface area contributed by atoms with Gasteiger partial charge in [0, 0.05) is 24.7 Å². The first-order valence-electron chi connectivity index (χ1n) is 7.09. The van der Waals surface area contributed by atoms with Crippen LogP contribution < -0.4 is 16.0 Å². The second-order valence-corrected chi connectivity index (χ2v) is 7.12. The van der Waals surface area contributed by atoms with E-state index >= 15 is 0 Å². The van der Waals surface area contributed by atoms with E-state index in [4.69, 9.17) is 10.6 Å². The Hall–Kier alpha value is -2.42. The molecule has 2 rings (SSSR count). The van der Waals surface area contributed by atoms with Gasteiger partial charge in [-0.05, 0) is 30.3 Å². The minimum atomic E-state index is -3.65. The van der Waals surface area contributed by atoms with Gasteiger partial charge in [-0.25, -0.2) is 14.3 Å². The van der Waals surface area contributed by atoms with E-state index in [-0.39, 0.29) is 11.4 Å². The zero-order chi connectivity index (χ0) is 17.7. The van der Waals surface area contributed by atoms with E-state index in [0.29, 0.717) is 16.9 Å². The number of methoxy groups -OCH3 is 1. The van der Waals surface area contributed by atoms with Gasteiger partial charge in [0.25, 0.3) is 5.91 Å². The zero-order valence-corrected chi connectivity index (χ0v) is 14.2. The van der Waals surface area contributed by atoms with Crippen molar-refractivity contribution in [3.8, 4) is 5.75 Å². The van der Waals surface area contributed by atoms with Gasteiger partial charge in [0.15, 0.2) is 0 Å². The molecule has 0 saturated carbocycles. The topological polar surface area (TPSA) is 102 Å². The number of carbonyl (C=O) groups excluding carboxylic acids is 1. The fraction of sp³-hybridized carbons (Fsp3) is 0.188. The van der Waals surface area contributed by atoms with Crippen molar-refractivity contribution in [1.29, 1.82) is 0 Å². The van der Waals surface area contributed by atoms with Crippen molar-refractivity contribution in [3.05, 3.63) is 59.7 Å². The number of rotatable bonds is 6. The lowest BCUT2D eigenvalue weighted by Gasteiger charge is -2.19. The third-order valence-corrected chi connectivity index (χ3v) is 5.34. The van der Waals surface area contributed by atoms with Crippen LogP contribution >= 0.6 is 0 Å². The highest BCUT2D eigenvalue weighted by atomic mass is 32.2. The summed E-state index contributed by atoms with van der Waals surface area (Å²) in [4.78, 5) is 11.9. The lowest BCUT2D eigenvalue weighted by Crippen LogP contribution is -2.30. The van der Waals surface area contributed by atoms with Crippen molar-refractivity contribution in [2.45, 2.75) is 11.4 Å². The Bertz CT molecular complexity index is 822. The number of nitrogen functional groups attached to an aromatic ring is 1. The highest BCUT2D eigenvalue weighted by Gasteiger charge is 2.22. The molecule has 0 fully saturated rings. The molecule has 128 valence electrons. The van der Waals surface area contributed by atoms with Crippen molar-refractivity contribution >= 4 is 15.9 Å². The average molecular weight is 349 g/mol. The Morgan fingerprint density at radius 2 is 1.88 bits per heavy atom. The van der Waals surface area contributed by atoms with Crippen LogP contribution in [0.15, 0.2) is 53.4 Å². The van der Waals surface area contributed by atoms with Crippen LogP contribution in [0.2, 0.25) is 0 Å². The molecule has 2 aromatic rings. The summed E-state index contributed by atoms with van der Waals surface area (Å²) in [6.45, 7) is 0.0477. The number of hydrogen-bond donors (Lipinski definition) is 2. The summed E-state index contributed by atoms with van der Waals surface area (Å²) < 4.78 is 31.6. The number of benzene rings is 2. The number of nitrogens with zero attached hydrogens (tertiary/aromatic N) is 1.